The number of pyridine rings is 1. The second-order valence-electron chi connectivity index (χ2n) is 7.03. The van der Waals surface area contributed by atoms with Gasteiger partial charge < -0.3 is 10.1 Å². The second-order valence-corrected chi connectivity index (χ2v) is 7.03. The minimum atomic E-state index is -0.715. The molecule has 0 atom stereocenters. The van der Waals surface area contributed by atoms with Gasteiger partial charge in [-0.3, -0.25) is 0 Å². The van der Waals surface area contributed by atoms with Gasteiger partial charge in [-0.1, -0.05) is 18.2 Å². The van der Waals surface area contributed by atoms with Crippen LogP contribution in [0.4, 0.5) is 8.78 Å². The lowest BCUT2D eigenvalue weighted by atomic mass is 9.92. The van der Waals surface area contributed by atoms with Crippen LogP contribution in [0.1, 0.15) is 16.8 Å². The number of allylic oxidation sites excluding steroid dienone is 4. The zero-order chi connectivity index (χ0) is 23.4. The fourth-order valence-corrected chi connectivity index (χ4v) is 3.48. The van der Waals surface area contributed by atoms with Gasteiger partial charge in [0.15, 0.2) is 11.6 Å². The molecule has 4 rings (SSSR count). The van der Waals surface area contributed by atoms with Crippen LogP contribution in [-0.4, -0.2) is 12.1 Å². The smallest absolute Gasteiger partial charge is 0.165 e. The molecule has 0 bridgehead atoms. The van der Waals surface area contributed by atoms with Gasteiger partial charge in [0.25, 0.3) is 0 Å². The first-order valence-corrected chi connectivity index (χ1v) is 9.84. The summed E-state index contributed by atoms with van der Waals surface area (Å²) in [6.07, 6.45) is 8.85. The van der Waals surface area contributed by atoms with Crippen LogP contribution in [0.2, 0.25) is 0 Å². The summed E-state index contributed by atoms with van der Waals surface area (Å²) in [5, 5.41) is 22.0. The number of nitrogens with one attached hydrogen (secondary N) is 1. The molecule has 0 radical (unpaired) electrons. The van der Waals surface area contributed by atoms with E-state index in [-0.39, 0.29) is 22.6 Å². The summed E-state index contributed by atoms with van der Waals surface area (Å²) in [5.74, 6) is -1.26. The predicted octanol–water partition coefficient (Wildman–Crippen LogP) is 5.46. The van der Waals surface area contributed by atoms with Gasteiger partial charge in [0, 0.05) is 29.1 Å². The summed E-state index contributed by atoms with van der Waals surface area (Å²) in [4.78, 5) is 4.73. The number of nitriles is 2. The molecule has 0 aliphatic carbocycles. The summed E-state index contributed by atoms with van der Waals surface area (Å²) in [6, 6.07) is 14.0. The molecule has 33 heavy (non-hydrogen) atoms. The van der Waals surface area contributed by atoms with E-state index in [1.54, 1.807) is 48.8 Å². The van der Waals surface area contributed by atoms with E-state index in [0.29, 0.717) is 22.4 Å². The van der Waals surface area contributed by atoms with E-state index >= 15 is 0 Å². The minimum Gasteiger partial charge on any atom is -0.494 e. The van der Waals surface area contributed by atoms with Crippen LogP contribution in [0.3, 0.4) is 0 Å². The van der Waals surface area contributed by atoms with Gasteiger partial charge in [0.2, 0.25) is 0 Å². The van der Waals surface area contributed by atoms with Crippen molar-refractivity contribution in [2.75, 3.05) is 7.11 Å². The Bertz CT molecular complexity index is 1430. The molecule has 0 saturated carbocycles. The average Bonchev–Trinajstić information content (AvgIpc) is 3.13. The quantitative estimate of drug-likeness (QED) is 0.585. The molecule has 2 aromatic carbocycles. The first-order valence-electron chi connectivity index (χ1n) is 9.84. The third-order valence-corrected chi connectivity index (χ3v) is 5.07. The molecular weight excluding hydrogens is 422 g/mol. The molecule has 1 aromatic heterocycles. The lowest BCUT2D eigenvalue weighted by Crippen LogP contribution is -2.00. The molecule has 0 amide bonds. The van der Waals surface area contributed by atoms with E-state index in [2.05, 4.69) is 11.4 Å². The number of rotatable bonds is 4. The Labute approximate surface area is 189 Å². The van der Waals surface area contributed by atoms with Crippen molar-refractivity contribution < 1.29 is 13.5 Å². The van der Waals surface area contributed by atoms with Crippen molar-refractivity contribution in [2.24, 2.45) is 0 Å². The summed E-state index contributed by atoms with van der Waals surface area (Å²) in [6.45, 7) is 0. The highest BCUT2D eigenvalue weighted by Gasteiger charge is 2.20. The van der Waals surface area contributed by atoms with E-state index in [1.165, 1.54) is 31.4 Å². The molecule has 160 valence electrons. The standard InChI is InChI=1S/C26H16F2N4O/c1-33-24-7-6-17(11-22(24)28)25-20(15-30)13-23(16-3-2-9-31-10-8-16)32-26(25)18-4-5-19(14-29)21(27)12-18/h2-13,31H,1H3. The Kier molecular flexibility index (Phi) is 5.97. The van der Waals surface area contributed by atoms with Crippen molar-refractivity contribution in [3.63, 3.8) is 0 Å². The van der Waals surface area contributed by atoms with Crippen LogP contribution in [0.25, 0.3) is 28.0 Å². The Morgan fingerprint density at radius 2 is 1.67 bits per heavy atom. The summed E-state index contributed by atoms with van der Waals surface area (Å²) < 4.78 is 34.0. The number of benzene rings is 2. The Morgan fingerprint density at radius 1 is 0.909 bits per heavy atom. The SMILES string of the molecule is COc1ccc(-c2c(C#N)cc(C3=CC=CNC=C3)nc2-c2ccc(C#N)c(F)c2)cc1F. The average molecular weight is 438 g/mol. The number of hydrogen-bond donors (Lipinski definition) is 1. The van der Waals surface area contributed by atoms with Crippen LogP contribution >= 0.6 is 0 Å². The minimum absolute atomic E-state index is 0.0563. The molecule has 7 heteroatoms. The fourth-order valence-electron chi connectivity index (χ4n) is 3.48. The van der Waals surface area contributed by atoms with Crippen molar-refractivity contribution in [1.29, 1.82) is 10.5 Å². The third-order valence-electron chi connectivity index (χ3n) is 5.07. The Hall–Kier alpha value is -4.75. The van der Waals surface area contributed by atoms with Gasteiger partial charge in [-0.2, -0.15) is 10.5 Å². The molecule has 3 aromatic rings. The van der Waals surface area contributed by atoms with Gasteiger partial charge in [-0.25, -0.2) is 13.8 Å². The maximum absolute atomic E-state index is 14.5. The van der Waals surface area contributed by atoms with Crippen LogP contribution in [0.5, 0.6) is 5.75 Å². The van der Waals surface area contributed by atoms with Crippen molar-refractivity contribution in [1.82, 2.24) is 10.3 Å². The highest BCUT2D eigenvalue weighted by Crippen LogP contribution is 2.37. The molecule has 0 unspecified atom stereocenters. The summed E-state index contributed by atoms with van der Waals surface area (Å²) in [5.41, 5.74) is 2.69. The van der Waals surface area contributed by atoms with E-state index in [4.69, 9.17) is 15.0 Å². The number of hydrogen-bond acceptors (Lipinski definition) is 5. The molecule has 2 heterocycles. The topological polar surface area (TPSA) is 81.7 Å². The number of nitrogens with zero attached hydrogens (tertiary/aromatic N) is 3. The number of ether oxygens (including phenoxy) is 1. The normalized spacial score (nSPS) is 12.2. The maximum atomic E-state index is 14.5. The molecule has 0 saturated heterocycles. The lowest BCUT2D eigenvalue weighted by molar-refractivity contribution is 0.386. The van der Waals surface area contributed by atoms with Gasteiger partial charge >= 0.3 is 0 Å². The Morgan fingerprint density at radius 3 is 2.36 bits per heavy atom. The first kappa shape index (κ1) is 21.5. The molecule has 0 spiro atoms. The molecule has 1 aliphatic rings. The van der Waals surface area contributed by atoms with Gasteiger partial charge in [-0.15, -0.1) is 0 Å². The highest BCUT2D eigenvalue weighted by atomic mass is 19.1. The lowest BCUT2D eigenvalue weighted by Gasteiger charge is -2.15. The number of methoxy groups -OCH3 is 1. The largest absolute Gasteiger partial charge is 0.494 e. The molecule has 0 fully saturated rings. The summed E-state index contributed by atoms with van der Waals surface area (Å²) in [7, 11) is 1.36. The van der Waals surface area contributed by atoms with E-state index in [9.17, 15) is 14.0 Å². The van der Waals surface area contributed by atoms with Crippen LogP contribution in [0, 0.1) is 34.3 Å². The molecular formula is C26H16F2N4O. The van der Waals surface area contributed by atoms with Crippen LogP contribution in [0.15, 0.2) is 73.1 Å². The van der Waals surface area contributed by atoms with Crippen LogP contribution < -0.4 is 10.1 Å². The van der Waals surface area contributed by atoms with Gasteiger partial charge in [0.1, 0.15) is 11.9 Å². The second kappa shape index (κ2) is 9.17. The van der Waals surface area contributed by atoms with E-state index < -0.39 is 11.6 Å². The van der Waals surface area contributed by atoms with Crippen molar-refractivity contribution in [3.8, 4) is 40.3 Å². The van der Waals surface area contributed by atoms with E-state index in [1.807, 2.05) is 6.08 Å². The van der Waals surface area contributed by atoms with Gasteiger partial charge in [-0.05, 0) is 48.0 Å². The summed E-state index contributed by atoms with van der Waals surface area (Å²) >= 11 is 0. The number of aromatic nitrogens is 1. The first-order chi connectivity index (χ1) is 16.0. The molecule has 1 N–H and O–H groups in total. The van der Waals surface area contributed by atoms with Crippen LogP contribution in [-0.2, 0) is 0 Å². The Balaban J connectivity index is 2.02. The zero-order valence-electron chi connectivity index (χ0n) is 17.4. The molecule has 1 aliphatic heterocycles. The van der Waals surface area contributed by atoms with Crippen molar-refractivity contribution >= 4 is 5.57 Å². The van der Waals surface area contributed by atoms with Gasteiger partial charge in [0.05, 0.1) is 35.7 Å². The predicted molar refractivity (Wildman–Crippen MR) is 120 cm³/mol. The van der Waals surface area contributed by atoms with E-state index in [0.717, 1.165) is 5.57 Å². The number of halogens is 2. The zero-order valence-corrected chi connectivity index (χ0v) is 17.4. The fraction of sp³-hybridized carbons (Fsp3) is 0.0385. The van der Waals surface area contributed by atoms with Crippen molar-refractivity contribution in [3.05, 3.63) is 102 Å². The molecule has 5 nitrogen and oxygen atoms in total. The monoisotopic (exact) mass is 438 g/mol. The maximum Gasteiger partial charge on any atom is 0.165 e. The highest BCUT2D eigenvalue weighted by molar-refractivity contribution is 5.88. The third kappa shape index (κ3) is 4.21. The van der Waals surface area contributed by atoms with Crippen molar-refractivity contribution in [2.45, 2.75) is 0 Å².